The van der Waals surface area contributed by atoms with Gasteiger partial charge in [-0.05, 0) is 86.0 Å². The van der Waals surface area contributed by atoms with Crippen LogP contribution in [0.5, 0.6) is 0 Å². The Balaban J connectivity index is 1.33. The number of carbonyl (C=O) groups is 5. The van der Waals surface area contributed by atoms with Crippen molar-refractivity contribution >= 4 is 29.7 Å². The summed E-state index contributed by atoms with van der Waals surface area (Å²) in [5.41, 5.74) is -2.77. The maximum Gasteiger partial charge on any atom is 0.338 e. The van der Waals surface area contributed by atoms with E-state index < -0.39 is 81.5 Å². The highest BCUT2D eigenvalue weighted by molar-refractivity contribution is 5.96. The highest BCUT2D eigenvalue weighted by atomic mass is 16.6. The molecule has 0 saturated heterocycles. The number of ketones is 1. The van der Waals surface area contributed by atoms with E-state index in [2.05, 4.69) is 6.92 Å². The predicted molar refractivity (Wildman–Crippen MR) is 170 cm³/mol. The van der Waals surface area contributed by atoms with Crippen molar-refractivity contribution in [3.63, 3.8) is 0 Å². The zero-order valence-corrected chi connectivity index (χ0v) is 29.3. The van der Waals surface area contributed by atoms with Crippen LogP contribution in [-0.2, 0) is 42.9 Å². The van der Waals surface area contributed by atoms with Crippen LogP contribution in [0.3, 0.4) is 0 Å². The zero-order chi connectivity index (χ0) is 35.3. The normalized spacial score (nSPS) is 50.1. The molecule has 1 spiro atoms. The third-order valence-electron chi connectivity index (χ3n) is 15.7. The van der Waals surface area contributed by atoms with E-state index in [0.717, 1.165) is 12.8 Å². The summed E-state index contributed by atoms with van der Waals surface area (Å²) < 4.78 is 23.2. The lowest BCUT2D eigenvalue weighted by Gasteiger charge is -2.67. The third-order valence-corrected chi connectivity index (χ3v) is 15.7. The molecule has 49 heavy (non-hydrogen) atoms. The minimum absolute atomic E-state index is 0.0596. The average Bonchev–Trinajstić information content (AvgIpc) is 3.98. The molecule has 0 aromatic rings. The number of esters is 4. The summed E-state index contributed by atoms with van der Waals surface area (Å²) in [4.78, 5) is 67.0. The summed E-state index contributed by atoms with van der Waals surface area (Å²) in [6, 6.07) is 0. The molecule has 7 saturated carbocycles. The van der Waals surface area contributed by atoms with Crippen molar-refractivity contribution < 1.29 is 53.1 Å². The second-order valence-corrected chi connectivity index (χ2v) is 17.0. The SMILES string of the molecule is C/C=C(\C)C(=O)OC[C@]1(O)[C@H]2C[C@H]2[C@@]2(C)[C@H]1CC1=C(COC(C)=O)C(=O)O[C@@]13C1C(C(C)C(=O)OC)C(=O)[C@H](O)[C@]4(C)C1C(C[C@@H]23)[C@H]1C[C@H]14. The lowest BCUT2D eigenvalue weighted by atomic mass is 9.37. The van der Waals surface area contributed by atoms with Crippen LogP contribution in [0, 0.1) is 75.9 Å². The van der Waals surface area contributed by atoms with Crippen molar-refractivity contribution in [2.24, 2.45) is 75.9 Å². The number of aliphatic hydroxyl groups excluding tert-OH is 1. The molecule has 0 radical (unpaired) electrons. The van der Waals surface area contributed by atoms with Gasteiger partial charge in [-0.3, -0.25) is 14.4 Å². The molecule has 0 bridgehead atoms. The van der Waals surface area contributed by atoms with E-state index in [9.17, 15) is 34.2 Å². The number of aliphatic hydroxyl groups is 2. The zero-order valence-electron chi connectivity index (χ0n) is 29.3. The Morgan fingerprint density at radius 3 is 2.35 bits per heavy atom. The molecular formula is C38H48O11. The van der Waals surface area contributed by atoms with Gasteiger partial charge >= 0.3 is 23.9 Å². The van der Waals surface area contributed by atoms with Crippen LogP contribution in [0.1, 0.15) is 67.2 Å². The van der Waals surface area contributed by atoms with Gasteiger partial charge in [-0.1, -0.05) is 26.8 Å². The molecule has 266 valence electrons. The maximum atomic E-state index is 14.6. The van der Waals surface area contributed by atoms with Gasteiger partial charge in [0.2, 0.25) is 0 Å². The number of fused-ring (bicyclic) bond motifs is 7. The quantitative estimate of drug-likeness (QED) is 0.231. The molecule has 11 heteroatoms. The smallest absolute Gasteiger partial charge is 0.338 e. The fourth-order valence-electron chi connectivity index (χ4n) is 13.4. The Hall–Kier alpha value is -3.05. The summed E-state index contributed by atoms with van der Waals surface area (Å²) in [6.07, 6.45) is 2.91. The highest BCUT2D eigenvalue weighted by Gasteiger charge is 2.86. The number of allylic oxidation sites excluding steroid dienone is 1. The molecule has 7 fully saturated rings. The van der Waals surface area contributed by atoms with E-state index in [1.807, 2.05) is 6.92 Å². The van der Waals surface area contributed by atoms with Gasteiger partial charge in [0.05, 0.1) is 18.6 Å². The van der Waals surface area contributed by atoms with Crippen molar-refractivity contribution in [3.05, 3.63) is 22.8 Å². The van der Waals surface area contributed by atoms with E-state index in [4.69, 9.17) is 18.9 Å². The Kier molecular flexibility index (Phi) is 6.94. The molecule has 1 heterocycles. The van der Waals surface area contributed by atoms with Crippen LogP contribution < -0.4 is 0 Å². The number of carbonyl (C=O) groups excluding carboxylic acids is 5. The Morgan fingerprint density at radius 1 is 0.980 bits per heavy atom. The third kappa shape index (κ3) is 3.84. The fourth-order valence-corrected chi connectivity index (χ4v) is 13.4. The first-order valence-corrected chi connectivity index (χ1v) is 18.0. The van der Waals surface area contributed by atoms with E-state index in [-0.39, 0.29) is 60.7 Å². The minimum Gasteiger partial charge on any atom is -0.469 e. The fraction of sp³-hybridized carbons (Fsp3) is 0.763. The topological polar surface area (TPSA) is 163 Å². The number of methoxy groups -OCH3 is 1. The summed E-state index contributed by atoms with van der Waals surface area (Å²) in [5.74, 6) is -5.72. The monoisotopic (exact) mass is 680 g/mol. The van der Waals surface area contributed by atoms with E-state index >= 15 is 0 Å². The van der Waals surface area contributed by atoms with Gasteiger partial charge < -0.3 is 29.2 Å². The first kappa shape index (κ1) is 33.1. The molecule has 0 aromatic heterocycles. The molecule has 7 aliphatic carbocycles. The Labute approximate surface area is 286 Å². The lowest BCUT2D eigenvalue weighted by molar-refractivity contribution is -0.247. The average molecular weight is 681 g/mol. The van der Waals surface area contributed by atoms with Crippen molar-refractivity contribution in [3.8, 4) is 0 Å². The minimum atomic E-state index is -1.37. The van der Waals surface area contributed by atoms with Crippen LogP contribution in [0.15, 0.2) is 22.8 Å². The first-order valence-electron chi connectivity index (χ1n) is 18.0. The summed E-state index contributed by atoms with van der Waals surface area (Å²) in [6.45, 7) is 10.0. The lowest BCUT2D eigenvalue weighted by Crippen LogP contribution is -2.73. The van der Waals surface area contributed by atoms with Gasteiger partial charge in [0, 0.05) is 41.6 Å². The van der Waals surface area contributed by atoms with Gasteiger partial charge in [-0.2, -0.15) is 0 Å². The van der Waals surface area contributed by atoms with E-state index in [1.165, 1.54) is 14.0 Å². The van der Waals surface area contributed by atoms with Gasteiger partial charge in [-0.15, -0.1) is 0 Å². The number of ether oxygens (including phenoxy) is 4. The summed E-state index contributed by atoms with van der Waals surface area (Å²) >= 11 is 0. The van der Waals surface area contributed by atoms with E-state index in [0.29, 0.717) is 23.5 Å². The molecule has 0 aromatic carbocycles. The molecule has 16 atom stereocenters. The van der Waals surface area contributed by atoms with Crippen molar-refractivity contribution in [2.75, 3.05) is 20.3 Å². The molecule has 8 aliphatic rings. The second kappa shape index (κ2) is 10.3. The van der Waals surface area contributed by atoms with Crippen LogP contribution in [0.2, 0.25) is 0 Å². The molecule has 11 nitrogen and oxygen atoms in total. The van der Waals surface area contributed by atoms with Crippen LogP contribution in [0.4, 0.5) is 0 Å². The largest absolute Gasteiger partial charge is 0.469 e. The molecule has 2 N–H and O–H groups in total. The van der Waals surface area contributed by atoms with E-state index in [1.54, 1.807) is 26.8 Å². The second-order valence-electron chi connectivity index (χ2n) is 17.0. The number of Topliss-reactive ketones (excluding diaryl/α,β-unsaturated/α-hetero) is 1. The molecule has 0 amide bonds. The summed E-state index contributed by atoms with van der Waals surface area (Å²) in [5, 5.41) is 24.5. The Bertz CT molecular complexity index is 1640. The number of hydrogen-bond acceptors (Lipinski definition) is 11. The maximum absolute atomic E-state index is 14.6. The highest BCUT2D eigenvalue weighted by Crippen LogP contribution is 2.84. The van der Waals surface area contributed by atoms with Crippen molar-refractivity contribution in [2.45, 2.75) is 84.5 Å². The Morgan fingerprint density at radius 2 is 1.69 bits per heavy atom. The van der Waals surface area contributed by atoms with Crippen LogP contribution in [0.25, 0.3) is 0 Å². The first-order chi connectivity index (χ1) is 23.0. The van der Waals surface area contributed by atoms with Gasteiger partial charge in [-0.25, -0.2) is 9.59 Å². The van der Waals surface area contributed by atoms with Crippen LogP contribution in [-0.4, -0.2) is 77.5 Å². The molecular weight excluding hydrogens is 632 g/mol. The predicted octanol–water partition coefficient (Wildman–Crippen LogP) is 2.95. The molecule has 1 aliphatic heterocycles. The number of hydrogen-bond donors (Lipinski definition) is 2. The number of rotatable bonds is 7. The van der Waals surface area contributed by atoms with Gasteiger partial charge in [0.15, 0.2) is 5.78 Å². The van der Waals surface area contributed by atoms with Crippen LogP contribution >= 0.6 is 0 Å². The molecule has 5 unspecified atom stereocenters. The summed E-state index contributed by atoms with van der Waals surface area (Å²) in [7, 11) is 1.28. The van der Waals surface area contributed by atoms with Gasteiger partial charge in [0.1, 0.15) is 30.5 Å². The van der Waals surface area contributed by atoms with Crippen molar-refractivity contribution in [1.82, 2.24) is 0 Å². The van der Waals surface area contributed by atoms with Gasteiger partial charge in [0.25, 0.3) is 0 Å². The molecule has 8 rings (SSSR count). The van der Waals surface area contributed by atoms with Crippen molar-refractivity contribution in [1.29, 1.82) is 0 Å². The standard InChI is InChI=1S/C38H48O11/c1-8-15(2)32(42)48-14-37(45)24-11-23(24)35(5)25(37)12-22-20(13-47-17(4)39)34(44)49-38(22)26(35)10-19-18-9-21(18)36(6)28(19)29(38)27(30(40)31(36)41)16(3)33(43)46-7/h8,16,18-19,21,23-29,31,41,45H,9-14H2,1-7H3/b15-8+/t16?,18-,19?,21-,23-,24+,25-,26+,27?,28?,29?,31+,35+,36+,37+,38+/m1/s1.